The lowest BCUT2D eigenvalue weighted by molar-refractivity contribution is 0.0602. The Bertz CT molecular complexity index is 1520. The smallest absolute Gasteiger partial charge is 0.330 e. The van der Waals surface area contributed by atoms with Crippen molar-refractivity contribution in [2.75, 3.05) is 13.1 Å². The van der Waals surface area contributed by atoms with Gasteiger partial charge in [-0.3, -0.25) is 9.36 Å². The molecule has 2 N–H and O–H groups in total. The number of halogens is 3. The number of carbonyl (C=O) groups excluding carboxylic acids is 1. The van der Waals surface area contributed by atoms with Crippen LogP contribution in [0.25, 0.3) is 5.65 Å². The molecule has 38 heavy (non-hydrogen) atoms. The molecule has 1 amide bonds. The SMILES string of the molecule is Cc1nn2c(=O)n(Cc3ccccc3)c([C@@H](C(C)C)N(CCCN)C(=O)c3cccc(Cl)c3Cl)nc2c1Cl. The van der Waals surface area contributed by atoms with Crippen molar-refractivity contribution in [1.82, 2.24) is 24.1 Å². The number of rotatable bonds is 9. The number of nitrogens with zero attached hydrogens (tertiary/aromatic N) is 5. The Kier molecular flexibility index (Phi) is 8.78. The molecule has 0 aliphatic heterocycles. The molecule has 0 bridgehead atoms. The molecule has 4 aromatic rings. The van der Waals surface area contributed by atoms with Crippen LogP contribution in [0.3, 0.4) is 0 Å². The molecular formula is C27H29Cl3N6O2. The van der Waals surface area contributed by atoms with Gasteiger partial charge in [0.15, 0.2) is 5.65 Å². The Morgan fingerprint density at radius 3 is 2.42 bits per heavy atom. The fourth-order valence-electron chi connectivity index (χ4n) is 4.50. The normalized spacial score (nSPS) is 12.3. The number of hydrogen-bond acceptors (Lipinski definition) is 5. The third-order valence-electron chi connectivity index (χ3n) is 6.34. The Morgan fingerprint density at radius 1 is 1.05 bits per heavy atom. The van der Waals surface area contributed by atoms with E-state index in [1.54, 1.807) is 34.6 Å². The summed E-state index contributed by atoms with van der Waals surface area (Å²) in [5.41, 5.74) is 7.34. The van der Waals surface area contributed by atoms with E-state index in [2.05, 4.69) is 5.10 Å². The maximum atomic E-state index is 14.0. The van der Waals surface area contributed by atoms with E-state index >= 15 is 0 Å². The molecule has 8 nitrogen and oxygen atoms in total. The lowest BCUT2D eigenvalue weighted by Gasteiger charge is -2.35. The van der Waals surface area contributed by atoms with Crippen molar-refractivity contribution in [3.63, 3.8) is 0 Å². The van der Waals surface area contributed by atoms with Crippen LogP contribution in [-0.4, -0.2) is 43.1 Å². The van der Waals surface area contributed by atoms with E-state index in [0.717, 1.165) is 5.56 Å². The van der Waals surface area contributed by atoms with Gasteiger partial charge in [0, 0.05) is 6.54 Å². The van der Waals surface area contributed by atoms with Crippen molar-refractivity contribution in [3.8, 4) is 0 Å². The predicted molar refractivity (Wildman–Crippen MR) is 151 cm³/mol. The predicted octanol–water partition coefficient (Wildman–Crippen LogP) is 5.40. The summed E-state index contributed by atoms with van der Waals surface area (Å²) in [7, 11) is 0. The van der Waals surface area contributed by atoms with Crippen LogP contribution in [0.1, 0.15) is 53.7 Å². The van der Waals surface area contributed by atoms with Crippen LogP contribution >= 0.6 is 34.8 Å². The summed E-state index contributed by atoms with van der Waals surface area (Å²) in [6.07, 6.45) is 0.533. The third-order valence-corrected chi connectivity index (χ3v) is 7.60. The molecular weight excluding hydrogens is 547 g/mol. The van der Waals surface area contributed by atoms with E-state index in [9.17, 15) is 9.59 Å². The van der Waals surface area contributed by atoms with Gasteiger partial charge in [0.25, 0.3) is 5.91 Å². The first-order valence-electron chi connectivity index (χ1n) is 12.3. The van der Waals surface area contributed by atoms with Gasteiger partial charge in [-0.25, -0.2) is 9.78 Å². The molecule has 2 heterocycles. The minimum atomic E-state index is -0.614. The lowest BCUT2D eigenvalue weighted by atomic mass is 9.99. The van der Waals surface area contributed by atoms with Gasteiger partial charge in [-0.05, 0) is 43.5 Å². The number of fused-ring (bicyclic) bond motifs is 1. The van der Waals surface area contributed by atoms with Crippen LogP contribution in [-0.2, 0) is 6.54 Å². The third kappa shape index (κ3) is 5.45. The van der Waals surface area contributed by atoms with Gasteiger partial charge in [-0.2, -0.15) is 9.61 Å². The van der Waals surface area contributed by atoms with E-state index in [1.807, 2.05) is 44.2 Å². The molecule has 4 rings (SSSR count). The highest BCUT2D eigenvalue weighted by molar-refractivity contribution is 6.43. The molecule has 11 heteroatoms. The summed E-state index contributed by atoms with van der Waals surface area (Å²) in [5.74, 6) is -0.0821. The molecule has 0 spiro atoms. The molecule has 2 aromatic carbocycles. The molecule has 200 valence electrons. The summed E-state index contributed by atoms with van der Waals surface area (Å²) in [5, 5.41) is 5.05. The number of hydrogen-bond donors (Lipinski definition) is 1. The van der Waals surface area contributed by atoms with Crippen LogP contribution in [0, 0.1) is 12.8 Å². The second-order valence-electron chi connectivity index (χ2n) is 9.39. The zero-order valence-corrected chi connectivity index (χ0v) is 23.6. The summed E-state index contributed by atoms with van der Waals surface area (Å²) < 4.78 is 2.76. The van der Waals surface area contributed by atoms with E-state index in [1.165, 1.54) is 4.52 Å². The minimum Gasteiger partial charge on any atom is -0.330 e. The maximum absolute atomic E-state index is 14.0. The fourth-order valence-corrected chi connectivity index (χ4v) is 5.04. The van der Waals surface area contributed by atoms with Crippen LogP contribution in [0.2, 0.25) is 15.1 Å². The molecule has 1 atom stereocenters. The van der Waals surface area contributed by atoms with Gasteiger partial charge < -0.3 is 10.6 Å². The molecule has 0 fully saturated rings. The Balaban J connectivity index is 1.97. The molecule has 0 saturated carbocycles. The van der Waals surface area contributed by atoms with Crippen molar-refractivity contribution in [2.24, 2.45) is 11.7 Å². The van der Waals surface area contributed by atoms with E-state index in [0.29, 0.717) is 31.0 Å². The summed E-state index contributed by atoms with van der Waals surface area (Å²) >= 11 is 19.2. The zero-order valence-electron chi connectivity index (χ0n) is 21.4. The number of aryl methyl sites for hydroxylation is 1. The van der Waals surface area contributed by atoms with Gasteiger partial charge in [0.1, 0.15) is 10.8 Å². The molecule has 0 saturated heterocycles. The Hall–Kier alpha value is -2.91. The van der Waals surface area contributed by atoms with Gasteiger partial charge >= 0.3 is 5.69 Å². The highest BCUT2D eigenvalue weighted by atomic mass is 35.5. The average Bonchev–Trinajstić information content (AvgIpc) is 3.18. The molecule has 0 aliphatic rings. The highest BCUT2D eigenvalue weighted by Crippen LogP contribution is 2.33. The van der Waals surface area contributed by atoms with Crippen LogP contribution < -0.4 is 11.4 Å². The van der Waals surface area contributed by atoms with Gasteiger partial charge in [0.2, 0.25) is 0 Å². The van der Waals surface area contributed by atoms with E-state index < -0.39 is 11.7 Å². The van der Waals surface area contributed by atoms with Crippen molar-refractivity contribution in [1.29, 1.82) is 0 Å². The van der Waals surface area contributed by atoms with Crippen molar-refractivity contribution >= 4 is 46.4 Å². The number of carbonyl (C=O) groups is 1. The lowest BCUT2D eigenvalue weighted by Crippen LogP contribution is -2.43. The van der Waals surface area contributed by atoms with Gasteiger partial charge in [0.05, 0.1) is 33.9 Å². The number of amides is 1. The average molecular weight is 576 g/mol. The van der Waals surface area contributed by atoms with Crippen molar-refractivity contribution in [3.05, 3.63) is 96.7 Å². The maximum Gasteiger partial charge on any atom is 0.352 e. The van der Waals surface area contributed by atoms with Crippen molar-refractivity contribution in [2.45, 2.75) is 39.8 Å². The second kappa shape index (κ2) is 11.9. The van der Waals surface area contributed by atoms with Crippen molar-refractivity contribution < 1.29 is 4.79 Å². The number of nitrogens with two attached hydrogens (primary N) is 1. The van der Waals surface area contributed by atoms with Crippen LogP contribution in [0.4, 0.5) is 0 Å². The van der Waals surface area contributed by atoms with E-state index in [4.69, 9.17) is 45.5 Å². The van der Waals surface area contributed by atoms with Gasteiger partial charge in [-0.15, -0.1) is 0 Å². The fraction of sp³-hybridized carbons (Fsp3) is 0.333. The summed E-state index contributed by atoms with van der Waals surface area (Å²) in [6.45, 7) is 6.58. The first-order chi connectivity index (χ1) is 18.1. The van der Waals surface area contributed by atoms with Crippen LogP contribution in [0.15, 0.2) is 53.3 Å². The summed E-state index contributed by atoms with van der Waals surface area (Å²) in [4.78, 5) is 34.4. The molecule has 0 aliphatic carbocycles. The summed E-state index contributed by atoms with van der Waals surface area (Å²) in [6, 6.07) is 13.9. The number of benzene rings is 2. The van der Waals surface area contributed by atoms with Crippen LogP contribution in [0.5, 0.6) is 0 Å². The second-order valence-corrected chi connectivity index (χ2v) is 10.6. The molecule has 0 unspecified atom stereocenters. The first-order valence-corrected chi connectivity index (χ1v) is 13.4. The quantitative estimate of drug-likeness (QED) is 0.288. The largest absolute Gasteiger partial charge is 0.352 e. The highest BCUT2D eigenvalue weighted by Gasteiger charge is 2.34. The minimum absolute atomic E-state index is 0.145. The Morgan fingerprint density at radius 2 is 1.76 bits per heavy atom. The molecule has 2 aromatic heterocycles. The zero-order chi connectivity index (χ0) is 27.6. The molecule has 0 radical (unpaired) electrons. The van der Waals surface area contributed by atoms with E-state index in [-0.39, 0.29) is 44.6 Å². The Labute approximate surface area is 235 Å². The first kappa shape index (κ1) is 28.1. The van der Waals surface area contributed by atoms with Gasteiger partial charge in [-0.1, -0.05) is 85.0 Å². The standard InChI is InChI=1S/C27H29Cl3N6O2/c1-16(2)23(34(14-8-13-31)26(37)19-11-7-12-20(28)22(19)30)25-32-24-21(29)17(3)33-36(24)27(38)35(25)15-18-9-5-4-6-10-18/h4-7,9-12,16,23H,8,13-15,31H2,1-3H3/t23-/m1/s1. The number of aromatic nitrogens is 4. The monoisotopic (exact) mass is 574 g/mol. The topological polar surface area (TPSA) is 98.5 Å².